The molecule has 0 saturated heterocycles. The molecule has 0 fully saturated rings. The second-order valence-electron chi connectivity index (χ2n) is 9.99. The third-order valence-corrected chi connectivity index (χ3v) is 7.50. The third kappa shape index (κ3) is 5.84. The lowest BCUT2D eigenvalue weighted by Gasteiger charge is -2.32. The first-order valence-electron chi connectivity index (χ1n) is 11.9. The molecule has 30 heavy (non-hydrogen) atoms. The highest BCUT2D eigenvalue weighted by Crippen LogP contribution is 2.35. The summed E-state index contributed by atoms with van der Waals surface area (Å²) in [6.07, 6.45) is 10.1. The number of hydrogen-bond acceptors (Lipinski definition) is 1. The summed E-state index contributed by atoms with van der Waals surface area (Å²) >= 11 is 5.91. The molecule has 166 valence electrons. The Morgan fingerprint density at radius 1 is 1.23 bits per heavy atom. The van der Waals surface area contributed by atoms with Crippen molar-refractivity contribution in [3.05, 3.63) is 58.2 Å². The van der Waals surface area contributed by atoms with Crippen LogP contribution in [0.3, 0.4) is 0 Å². The first kappa shape index (κ1) is 24.9. The molecule has 1 aliphatic rings. The van der Waals surface area contributed by atoms with Gasteiger partial charge in [0.15, 0.2) is 0 Å². The Morgan fingerprint density at radius 3 is 2.53 bits per heavy atom. The number of thiocarbonyl (C=S) groups is 1. The Hall–Kier alpha value is -1.41. The second kappa shape index (κ2) is 10.8. The second-order valence-corrected chi connectivity index (χ2v) is 10.5. The van der Waals surface area contributed by atoms with Gasteiger partial charge in [0.25, 0.3) is 0 Å². The molecule has 0 radical (unpaired) electrons. The lowest BCUT2D eigenvalue weighted by molar-refractivity contribution is 0.370. The van der Waals surface area contributed by atoms with Crippen molar-refractivity contribution in [2.24, 2.45) is 11.8 Å². The molecule has 2 heteroatoms. The Morgan fingerprint density at radius 2 is 1.93 bits per heavy atom. The van der Waals surface area contributed by atoms with Crippen LogP contribution in [0.2, 0.25) is 0 Å². The zero-order chi connectivity index (χ0) is 22.5. The van der Waals surface area contributed by atoms with Crippen LogP contribution in [-0.4, -0.2) is 11.0 Å². The topological polar surface area (TPSA) is 12.0 Å². The summed E-state index contributed by atoms with van der Waals surface area (Å²) in [5.74, 6) is 1.16. The minimum Gasteiger partial charge on any atom is -0.373 e. The van der Waals surface area contributed by atoms with Gasteiger partial charge in [-0.25, -0.2) is 0 Å². The lowest BCUT2D eigenvalue weighted by Crippen LogP contribution is -2.37. The summed E-state index contributed by atoms with van der Waals surface area (Å²) in [5, 5.41) is 3.78. The van der Waals surface area contributed by atoms with E-state index in [0.29, 0.717) is 17.9 Å². The first-order chi connectivity index (χ1) is 14.1. The van der Waals surface area contributed by atoms with Crippen LogP contribution >= 0.6 is 12.2 Å². The average molecular weight is 426 g/mol. The maximum Gasteiger partial charge on any atom is 0.0802 e. The Balaban J connectivity index is 2.24. The molecule has 2 unspecified atom stereocenters. The summed E-state index contributed by atoms with van der Waals surface area (Å²) in [6.45, 7) is 18.5. The van der Waals surface area contributed by atoms with Gasteiger partial charge in [0.1, 0.15) is 0 Å². The maximum absolute atomic E-state index is 5.91. The largest absolute Gasteiger partial charge is 0.373 e. The summed E-state index contributed by atoms with van der Waals surface area (Å²) in [6, 6.07) is 7.11. The van der Waals surface area contributed by atoms with Crippen molar-refractivity contribution < 1.29 is 0 Å². The van der Waals surface area contributed by atoms with E-state index in [9.17, 15) is 0 Å². The van der Waals surface area contributed by atoms with Crippen LogP contribution in [-0.2, 0) is 11.8 Å². The molecule has 2 rings (SSSR count). The number of hydrogen-bond donors (Lipinski definition) is 1. The summed E-state index contributed by atoms with van der Waals surface area (Å²) in [7, 11) is 0. The van der Waals surface area contributed by atoms with E-state index < -0.39 is 0 Å². The number of rotatable bonds is 8. The van der Waals surface area contributed by atoms with Crippen LogP contribution in [0.1, 0.15) is 90.8 Å². The SMILES string of the molecule is CCCC1=C(CC)C=CC(C)CC1NC(=S)Cc1cccc(C(C)(C)C(C)C)c1C. The van der Waals surface area contributed by atoms with Crippen LogP contribution in [0.25, 0.3) is 0 Å². The molecule has 0 aromatic heterocycles. The molecule has 0 saturated carbocycles. The lowest BCUT2D eigenvalue weighted by atomic mass is 9.73. The quantitative estimate of drug-likeness (QED) is 0.425. The molecule has 1 aromatic carbocycles. The monoisotopic (exact) mass is 425 g/mol. The summed E-state index contributed by atoms with van der Waals surface area (Å²) in [4.78, 5) is 0.973. The van der Waals surface area contributed by atoms with Gasteiger partial charge in [-0.1, -0.05) is 97.5 Å². The normalized spacial score (nSPS) is 19.9. The number of allylic oxidation sites excluding steroid dienone is 3. The van der Waals surface area contributed by atoms with Crippen molar-refractivity contribution >= 4 is 17.2 Å². The molecule has 0 heterocycles. The fourth-order valence-electron chi connectivity index (χ4n) is 4.60. The standard InChI is InChI=1S/C28H43NS/c1-9-12-24-22(10-2)16-15-20(5)17-26(24)29-27(30)18-23-13-11-14-25(21(23)6)28(7,8)19(3)4/h11,13-16,19-20,26H,9-10,12,17-18H2,1-8H3,(H,29,30). The van der Waals surface area contributed by atoms with Gasteiger partial charge in [0.05, 0.1) is 4.99 Å². The summed E-state index contributed by atoms with van der Waals surface area (Å²) in [5.41, 5.74) is 7.42. The molecule has 1 aromatic rings. The van der Waals surface area contributed by atoms with Crippen LogP contribution in [0.15, 0.2) is 41.5 Å². The van der Waals surface area contributed by atoms with Crippen molar-refractivity contribution in [3.8, 4) is 0 Å². The van der Waals surface area contributed by atoms with E-state index in [0.717, 1.165) is 30.7 Å². The molecule has 1 nitrogen and oxygen atoms in total. The predicted octanol–water partition coefficient (Wildman–Crippen LogP) is 7.86. The van der Waals surface area contributed by atoms with Gasteiger partial charge >= 0.3 is 0 Å². The number of nitrogens with one attached hydrogen (secondary N) is 1. The van der Waals surface area contributed by atoms with Crippen LogP contribution in [0.4, 0.5) is 0 Å². The zero-order valence-corrected chi connectivity index (χ0v) is 21.4. The van der Waals surface area contributed by atoms with E-state index in [2.05, 4.69) is 91.1 Å². The van der Waals surface area contributed by atoms with E-state index in [1.165, 1.54) is 28.7 Å². The highest BCUT2D eigenvalue weighted by atomic mass is 32.1. The average Bonchev–Trinajstić information content (AvgIpc) is 2.82. The molecule has 2 atom stereocenters. The zero-order valence-electron chi connectivity index (χ0n) is 20.6. The molecule has 1 aliphatic carbocycles. The van der Waals surface area contributed by atoms with Gasteiger partial charge in [-0.2, -0.15) is 0 Å². The summed E-state index contributed by atoms with van der Waals surface area (Å²) < 4.78 is 0. The first-order valence-corrected chi connectivity index (χ1v) is 12.3. The Bertz CT molecular complexity index is 797. The van der Waals surface area contributed by atoms with Gasteiger partial charge in [0, 0.05) is 12.5 Å². The van der Waals surface area contributed by atoms with E-state index in [1.54, 1.807) is 5.57 Å². The Labute approximate surface area is 191 Å². The van der Waals surface area contributed by atoms with Crippen LogP contribution < -0.4 is 5.32 Å². The van der Waals surface area contributed by atoms with Gasteiger partial charge in [0.2, 0.25) is 0 Å². The fraction of sp³-hybridized carbons (Fsp3) is 0.607. The molecule has 0 amide bonds. The van der Waals surface area contributed by atoms with E-state index in [4.69, 9.17) is 12.2 Å². The van der Waals surface area contributed by atoms with Crippen molar-refractivity contribution in [1.82, 2.24) is 5.32 Å². The molecular weight excluding hydrogens is 382 g/mol. The predicted molar refractivity (Wildman–Crippen MR) is 137 cm³/mol. The van der Waals surface area contributed by atoms with Crippen molar-refractivity contribution in [2.45, 2.75) is 99.0 Å². The van der Waals surface area contributed by atoms with Crippen LogP contribution in [0, 0.1) is 18.8 Å². The van der Waals surface area contributed by atoms with Gasteiger partial charge < -0.3 is 5.32 Å². The van der Waals surface area contributed by atoms with E-state index >= 15 is 0 Å². The molecule has 0 spiro atoms. The minimum atomic E-state index is 0.157. The maximum atomic E-state index is 5.91. The van der Waals surface area contributed by atoms with E-state index in [-0.39, 0.29) is 5.41 Å². The smallest absolute Gasteiger partial charge is 0.0802 e. The van der Waals surface area contributed by atoms with Gasteiger partial charge in [-0.15, -0.1) is 0 Å². The van der Waals surface area contributed by atoms with Crippen molar-refractivity contribution in [3.63, 3.8) is 0 Å². The van der Waals surface area contributed by atoms with Gasteiger partial charge in [-0.3, -0.25) is 0 Å². The van der Waals surface area contributed by atoms with Crippen LogP contribution in [0.5, 0.6) is 0 Å². The highest BCUT2D eigenvalue weighted by Gasteiger charge is 2.27. The third-order valence-electron chi connectivity index (χ3n) is 7.24. The Kier molecular flexibility index (Phi) is 8.91. The minimum absolute atomic E-state index is 0.157. The van der Waals surface area contributed by atoms with Gasteiger partial charge in [-0.05, 0) is 71.3 Å². The molecule has 1 N–H and O–H groups in total. The molecule has 0 aliphatic heterocycles. The van der Waals surface area contributed by atoms with E-state index in [1.807, 2.05) is 0 Å². The fourth-order valence-corrected chi connectivity index (χ4v) is 4.90. The van der Waals surface area contributed by atoms with Crippen molar-refractivity contribution in [1.29, 1.82) is 0 Å². The van der Waals surface area contributed by atoms with Crippen molar-refractivity contribution in [2.75, 3.05) is 0 Å². The molecular formula is C28H43NS. The molecule has 0 bridgehead atoms. The number of benzene rings is 1. The highest BCUT2D eigenvalue weighted by molar-refractivity contribution is 7.80.